The molecule has 1 aromatic rings. The fourth-order valence-electron chi connectivity index (χ4n) is 1.32. The second kappa shape index (κ2) is 3.51. The highest BCUT2D eigenvalue weighted by molar-refractivity contribution is 6.21. The zero-order chi connectivity index (χ0) is 9.97. The number of hydrazone groups is 1. The van der Waals surface area contributed by atoms with Crippen molar-refractivity contribution in [2.45, 2.75) is 0 Å². The fraction of sp³-hybridized carbons (Fsp3) is 0.100. The van der Waals surface area contributed by atoms with Crippen LogP contribution in [-0.2, 0) is 0 Å². The minimum absolute atomic E-state index is 0.802. The van der Waals surface area contributed by atoms with Crippen molar-refractivity contribution in [3.63, 3.8) is 0 Å². The second-order valence-corrected chi connectivity index (χ2v) is 3.06. The van der Waals surface area contributed by atoms with Gasteiger partial charge < -0.3 is 0 Å². The number of benzene rings is 1. The Morgan fingerprint density at radius 3 is 2.64 bits per heavy atom. The Labute approximate surface area is 82.9 Å². The van der Waals surface area contributed by atoms with Crippen LogP contribution in [0.3, 0.4) is 0 Å². The largest absolute Gasteiger partial charge is 0.274 e. The van der Waals surface area contributed by atoms with Gasteiger partial charge in [0.2, 0.25) is 0 Å². The van der Waals surface area contributed by atoms with Gasteiger partial charge in [-0.25, -0.2) is 5.53 Å². The number of nitrogens with one attached hydrogen (secondary N) is 2. The number of rotatable bonds is 2. The van der Waals surface area contributed by atoms with Crippen molar-refractivity contribution in [2.75, 3.05) is 7.05 Å². The van der Waals surface area contributed by atoms with E-state index in [0.717, 1.165) is 17.0 Å². The molecule has 0 unspecified atom stereocenters. The molecule has 0 fully saturated rings. The molecule has 0 aromatic heterocycles. The predicted molar refractivity (Wildman–Crippen MR) is 56.9 cm³/mol. The molecule has 1 aliphatic rings. The highest BCUT2D eigenvalue weighted by Gasteiger charge is 2.16. The Balaban J connectivity index is 2.25. The predicted octanol–water partition coefficient (Wildman–Crippen LogP) is 0.968. The summed E-state index contributed by atoms with van der Waals surface area (Å²) < 4.78 is 0. The van der Waals surface area contributed by atoms with E-state index in [1.54, 1.807) is 5.01 Å². The van der Waals surface area contributed by atoms with E-state index in [1.807, 2.05) is 37.4 Å². The van der Waals surface area contributed by atoms with Gasteiger partial charge in [-0.3, -0.25) is 5.01 Å². The molecule has 1 aliphatic heterocycles. The summed E-state index contributed by atoms with van der Waals surface area (Å²) in [5.41, 5.74) is 7.48. The van der Waals surface area contributed by atoms with Crippen molar-refractivity contribution in [1.29, 1.82) is 0 Å². The molecule has 0 radical (unpaired) electrons. The topological polar surface area (TPSA) is 39.7 Å². The van der Waals surface area contributed by atoms with Crippen molar-refractivity contribution >= 4 is 11.4 Å². The number of nitrogens with zero attached hydrogens (tertiary/aromatic N) is 2. The maximum atomic E-state index is 4.07. The van der Waals surface area contributed by atoms with Crippen LogP contribution in [0.1, 0.15) is 5.56 Å². The lowest BCUT2D eigenvalue weighted by molar-refractivity contribution is 0.350. The first-order valence-corrected chi connectivity index (χ1v) is 4.36. The highest BCUT2D eigenvalue weighted by Crippen LogP contribution is 2.15. The fourth-order valence-corrected chi connectivity index (χ4v) is 1.32. The molecule has 0 spiro atoms. The molecule has 2 rings (SSSR count). The minimum Gasteiger partial charge on any atom is -0.274 e. The summed E-state index contributed by atoms with van der Waals surface area (Å²) in [6, 6.07) is 9.97. The van der Waals surface area contributed by atoms with Gasteiger partial charge in [-0.15, -0.1) is 10.6 Å². The lowest BCUT2D eigenvalue weighted by atomic mass is 10.1. The minimum atomic E-state index is 0.802. The SMILES string of the molecule is C=C(C1=NNNN1C)c1ccccc1. The molecular formula is C10H12N4. The Hall–Kier alpha value is -1.81. The Kier molecular flexibility index (Phi) is 2.20. The van der Waals surface area contributed by atoms with E-state index in [0.29, 0.717) is 0 Å². The Bertz CT molecular complexity index is 369. The molecule has 72 valence electrons. The van der Waals surface area contributed by atoms with Gasteiger partial charge in [0.1, 0.15) is 0 Å². The lowest BCUT2D eigenvalue weighted by Crippen LogP contribution is -2.37. The summed E-state index contributed by atoms with van der Waals surface area (Å²) >= 11 is 0. The van der Waals surface area contributed by atoms with Crippen LogP contribution in [0.2, 0.25) is 0 Å². The van der Waals surface area contributed by atoms with Crippen molar-refractivity contribution in [2.24, 2.45) is 5.10 Å². The molecule has 2 N–H and O–H groups in total. The zero-order valence-electron chi connectivity index (χ0n) is 7.99. The van der Waals surface area contributed by atoms with Crippen LogP contribution in [0.15, 0.2) is 42.0 Å². The maximum absolute atomic E-state index is 4.07. The molecule has 0 atom stereocenters. The van der Waals surface area contributed by atoms with Crippen LogP contribution in [0.4, 0.5) is 0 Å². The summed E-state index contributed by atoms with van der Waals surface area (Å²) in [5, 5.41) is 5.86. The van der Waals surface area contributed by atoms with Gasteiger partial charge >= 0.3 is 0 Å². The highest BCUT2D eigenvalue weighted by atomic mass is 15.8. The Morgan fingerprint density at radius 1 is 1.36 bits per heavy atom. The lowest BCUT2D eigenvalue weighted by Gasteiger charge is -2.13. The van der Waals surface area contributed by atoms with Crippen molar-refractivity contribution in [3.05, 3.63) is 42.5 Å². The average Bonchev–Trinajstić information content (AvgIpc) is 2.65. The van der Waals surface area contributed by atoms with Crippen molar-refractivity contribution in [1.82, 2.24) is 16.1 Å². The number of hydrazine groups is 2. The smallest absolute Gasteiger partial charge is 0.172 e. The average molecular weight is 188 g/mol. The first kappa shape index (κ1) is 8.77. The summed E-state index contributed by atoms with van der Waals surface area (Å²) in [6.07, 6.45) is 0. The normalized spacial score (nSPS) is 14.9. The van der Waals surface area contributed by atoms with Gasteiger partial charge in [-0.05, 0) is 5.56 Å². The van der Waals surface area contributed by atoms with Crippen LogP contribution >= 0.6 is 0 Å². The van der Waals surface area contributed by atoms with Gasteiger partial charge in [0.15, 0.2) is 5.84 Å². The van der Waals surface area contributed by atoms with Crippen LogP contribution in [0, 0.1) is 0 Å². The third-order valence-corrected chi connectivity index (χ3v) is 2.09. The molecule has 0 saturated heterocycles. The molecule has 0 saturated carbocycles. The molecular weight excluding hydrogens is 176 g/mol. The van der Waals surface area contributed by atoms with Crippen molar-refractivity contribution < 1.29 is 0 Å². The van der Waals surface area contributed by atoms with E-state index in [9.17, 15) is 0 Å². The van der Waals surface area contributed by atoms with Crippen molar-refractivity contribution in [3.8, 4) is 0 Å². The van der Waals surface area contributed by atoms with Crippen LogP contribution in [0.5, 0.6) is 0 Å². The molecule has 0 amide bonds. The molecule has 4 heteroatoms. The van der Waals surface area contributed by atoms with Crippen LogP contribution in [-0.4, -0.2) is 17.9 Å². The first-order valence-electron chi connectivity index (χ1n) is 4.36. The van der Waals surface area contributed by atoms with E-state index < -0.39 is 0 Å². The zero-order valence-corrected chi connectivity index (χ0v) is 7.99. The van der Waals surface area contributed by atoms with E-state index >= 15 is 0 Å². The summed E-state index contributed by atoms with van der Waals surface area (Å²) in [5.74, 6) is 0.802. The number of amidine groups is 1. The number of hydrogen-bond donors (Lipinski definition) is 2. The molecule has 1 heterocycles. The second-order valence-electron chi connectivity index (χ2n) is 3.06. The van der Waals surface area contributed by atoms with Gasteiger partial charge in [0.25, 0.3) is 0 Å². The van der Waals surface area contributed by atoms with E-state index in [4.69, 9.17) is 0 Å². The van der Waals surface area contributed by atoms with Gasteiger partial charge in [0, 0.05) is 12.6 Å². The molecule has 0 aliphatic carbocycles. The van der Waals surface area contributed by atoms with E-state index in [1.165, 1.54) is 0 Å². The van der Waals surface area contributed by atoms with Gasteiger partial charge in [-0.2, -0.15) is 0 Å². The number of hydrogen-bond acceptors (Lipinski definition) is 4. The van der Waals surface area contributed by atoms with E-state index in [2.05, 4.69) is 22.7 Å². The quantitative estimate of drug-likeness (QED) is 0.726. The van der Waals surface area contributed by atoms with E-state index in [-0.39, 0.29) is 0 Å². The van der Waals surface area contributed by atoms with Gasteiger partial charge in [-0.1, -0.05) is 36.9 Å². The van der Waals surface area contributed by atoms with Gasteiger partial charge in [0.05, 0.1) is 0 Å². The summed E-state index contributed by atoms with van der Waals surface area (Å²) in [7, 11) is 1.88. The summed E-state index contributed by atoms with van der Waals surface area (Å²) in [4.78, 5) is 0. The standard InChI is InChI=1S/C10H12N4/c1-8(9-6-4-3-5-7-9)10-11-12-13-14(10)2/h3-7,12-13H,1H2,2H3. The molecule has 1 aromatic carbocycles. The monoisotopic (exact) mass is 188 g/mol. The molecule has 0 bridgehead atoms. The van der Waals surface area contributed by atoms with Crippen LogP contribution in [0.25, 0.3) is 5.57 Å². The third-order valence-electron chi connectivity index (χ3n) is 2.09. The first-order chi connectivity index (χ1) is 6.79. The number of likely N-dealkylation sites (N-methyl/N-ethyl adjacent to an activating group) is 1. The summed E-state index contributed by atoms with van der Waals surface area (Å²) in [6.45, 7) is 4.00. The molecule has 4 nitrogen and oxygen atoms in total. The Morgan fingerprint density at radius 2 is 2.07 bits per heavy atom. The van der Waals surface area contributed by atoms with Crippen LogP contribution < -0.4 is 11.1 Å². The third kappa shape index (κ3) is 1.47. The maximum Gasteiger partial charge on any atom is 0.172 e. The molecule has 14 heavy (non-hydrogen) atoms.